The molecule has 256 valence electrons. The van der Waals surface area contributed by atoms with Crippen LogP contribution in [0.15, 0.2) is 64.6 Å². The third-order valence-electron chi connectivity index (χ3n) is 6.56. The predicted molar refractivity (Wildman–Crippen MR) is 175 cm³/mol. The van der Waals surface area contributed by atoms with Gasteiger partial charge >= 0.3 is 6.09 Å². The maximum Gasteiger partial charge on any atom is 0.408 e. The van der Waals surface area contributed by atoms with Gasteiger partial charge in [-0.05, 0) is 62.8 Å². The number of amides is 2. The smallest absolute Gasteiger partial charge is 0.408 e. The molecular weight excluding hydrogens is 636 g/mol. The van der Waals surface area contributed by atoms with Gasteiger partial charge in [-0.1, -0.05) is 61.5 Å². The first-order chi connectivity index (χ1) is 21.3. The van der Waals surface area contributed by atoms with Crippen LogP contribution in [0, 0.1) is 5.92 Å². The Bertz CT molecular complexity index is 1520. The lowest BCUT2D eigenvalue weighted by Crippen LogP contribution is -2.56. The number of oxime groups is 1. The van der Waals surface area contributed by atoms with Crippen LogP contribution in [0.5, 0.6) is 0 Å². The van der Waals surface area contributed by atoms with Crippen molar-refractivity contribution in [3.8, 4) is 0 Å². The molecule has 0 heterocycles. The van der Waals surface area contributed by atoms with Crippen LogP contribution in [0.3, 0.4) is 0 Å². The van der Waals surface area contributed by atoms with Crippen LogP contribution in [0.25, 0.3) is 0 Å². The maximum atomic E-state index is 13.7. The minimum atomic E-state index is -4.12. The molecule has 4 N–H and O–H groups in total. The molecule has 0 saturated carbocycles. The van der Waals surface area contributed by atoms with Crippen molar-refractivity contribution in [2.75, 3.05) is 25.1 Å². The Morgan fingerprint density at radius 3 is 2.11 bits per heavy atom. The first-order valence-electron chi connectivity index (χ1n) is 14.8. The van der Waals surface area contributed by atoms with Gasteiger partial charge in [0.15, 0.2) is 0 Å². The summed E-state index contributed by atoms with van der Waals surface area (Å²) in [7, 11) is -7.63. The molecule has 2 rings (SSSR count). The third-order valence-corrected chi connectivity index (χ3v) is 9.38. The van der Waals surface area contributed by atoms with E-state index in [9.17, 15) is 31.5 Å². The van der Waals surface area contributed by atoms with E-state index in [2.05, 4.69) is 15.8 Å². The molecule has 0 aliphatic rings. The van der Waals surface area contributed by atoms with Crippen LogP contribution in [0.1, 0.15) is 52.2 Å². The molecule has 46 heavy (non-hydrogen) atoms. The number of nitrogens with zero attached hydrogens (tertiary/aromatic N) is 2. The number of carbonyl (C=O) groups excluding carboxylic acids is 2. The normalized spacial score (nSPS) is 14.6. The van der Waals surface area contributed by atoms with E-state index in [0.717, 1.165) is 22.3 Å². The summed E-state index contributed by atoms with van der Waals surface area (Å²) in [5.41, 5.74) is 0.332. The molecular formula is C31H46N4O9S2. The fraction of sp³-hybridized carbons (Fsp3) is 0.516. The van der Waals surface area contributed by atoms with Crippen molar-refractivity contribution >= 4 is 38.1 Å². The Hall–Kier alpha value is -3.53. The molecule has 0 spiro atoms. The summed E-state index contributed by atoms with van der Waals surface area (Å²) < 4.78 is 57.7. The van der Waals surface area contributed by atoms with Crippen LogP contribution in [0.4, 0.5) is 4.79 Å². The number of sulfonamides is 1. The minimum absolute atomic E-state index is 0.0403. The monoisotopic (exact) mass is 682 g/mol. The average molecular weight is 683 g/mol. The van der Waals surface area contributed by atoms with Crippen molar-refractivity contribution in [1.29, 1.82) is 0 Å². The zero-order chi connectivity index (χ0) is 34.7. The molecule has 0 aromatic heterocycles. The van der Waals surface area contributed by atoms with E-state index >= 15 is 0 Å². The van der Waals surface area contributed by atoms with E-state index in [1.165, 1.54) is 24.3 Å². The lowest BCUT2D eigenvalue weighted by Gasteiger charge is -2.32. The van der Waals surface area contributed by atoms with Gasteiger partial charge in [-0.25, -0.2) is 21.6 Å². The van der Waals surface area contributed by atoms with Crippen LogP contribution in [-0.2, 0) is 35.8 Å². The van der Waals surface area contributed by atoms with E-state index < -0.39 is 61.4 Å². The molecule has 2 amide bonds. The summed E-state index contributed by atoms with van der Waals surface area (Å²) in [6.07, 6.45) is -0.340. The molecule has 0 aliphatic carbocycles. The number of benzene rings is 2. The van der Waals surface area contributed by atoms with Gasteiger partial charge in [-0.15, -0.1) is 0 Å². The van der Waals surface area contributed by atoms with E-state index in [0.29, 0.717) is 5.56 Å². The van der Waals surface area contributed by atoms with Crippen molar-refractivity contribution in [3.63, 3.8) is 0 Å². The highest BCUT2D eigenvalue weighted by molar-refractivity contribution is 7.90. The van der Waals surface area contributed by atoms with Gasteiger partial charge in [0, 0.05) is 19.3 Å². The van der Waals surface area contributed by atoms with Gasteiger partial charge < -0.3 is 25.7 Å². The van der Waals surface area contributed by atoms with E-state index in [1.54, 1.807) is 51.1 Å². The van der Waals surface area contributed by atoms with Gasteiger partial charge in [0.1, 0.15) is 21.5 Å². The first-order valence-corrected chi connectivity index (χ1v) is 18.3. The Balaban J connectivity index is 2.42. The lowest BCUT2D eigenvalue weighted by molar-refractivity contribution is -0.124. The van der Waals surface area contributed by atoms with Crippen LogP contribution in [0.2, 0.25) is 0 Å². The molecule has 0 saturated heterocycles. The highest BCUT2D eigenvalue weighted by atomic mass is 32.2. The fourth-order valence-corrected chi connectivity index (χ4v) is 6.73. The number of aliphatic hydroxyl groups excluding tert-OH is 1. The summed E-state index contributed by atoms with van der Waals surface area (Å²) in [4.78, 5) is 26.1. The molecule has 0 unspecified atom stereocenters. The Morgan fingerprint density at radius 2 is 1.59 bits per heavy atom. The van der Waals surface area contributed by atoms with Crippen LogP contribution in [-0.4, -0.2) is 98.6 Å². The quantitative estimate of drug-likeness (QED) is 0.117. The molecule has 15 heteroatoms. The molecule has 13 nitrogen and oxygen atoms in total. The zero-order valence-electron chi connectivity index (χ0n) is 27.1. The van der Waals surface area contributed by atoms with Crippen molar-refractivity contribution in [1.82, 2.24) is 14.9 Å². The fourth-order valence-electron chi connectivity index (χ4n) is 4.44. The first kappa shape index (κ1) is 38.7. The van der Waals surface area contributed by atoms with E-state index in [1.807, 2.05) is 13.8 Å². The van der Waals surface area contributed by atoms with Gasteiger partial charge in [-0.3, -0.25) is 4.79 Å². The number of aliphatic hydroxyl groups is 1. The Labute approximate surface area is 272 Å². The number of rotatable bonds is 16. The number of sulfone groups is 1. The Morgan fingerprint density at radius 1 is 0.978 bits per heavy atom. The summed E-state index contributed by atoms with van der Waals surface area (Å²) in [6, 6.07) is 12.2. The molecule has 0 bridgehead atoms. The second-order valence-electron chi connectivity index (χ2n) is 12.5. The Kier molecular flexibility index (Phi) is 14.2. The highest BCUT2D eigenvalue weighted by Crippen LogP contribution is 2.20. The van der Waals surface area contributed by atoms with Crippen LogP contribution < -0.4 is 10.6 Å². The highest BCUT2D eigenvalue weighted by Gasteiger charge is 2.33. The van der Waals surface area contributed by atoms with Gasteiger partial charge in [0.05, 0.1) is 29.0 Å². The molecule has 0 fully saturated rings. The summed E-state index contributed by atoms with van der Waals surface area (Å²) in [5, 5.41) is 28.4. The number of carbonyl (C=O) groups is 2. The van der Waals surface area contributed by atoms with E-state index in [4.69, 9.17) is 9.94 Å². The second kappa shape index (κ2) is 16.9. The number of hydrogen-bond donors (Lipinski definition) is 4. The van der Waals surface area contributed by atoms with Crippen molar-refractivity contribution in [2.45, 2.75) is 76.1 Å². The topological polar surface area (TPSA) is 192 Å². The number of hydrogen-bond acceptors (Lipinski definition) is 10. The minimum Gasteiger partial charge on any atom is -0.444 e. The largest absolute Gasteiger partial charge is 0.444 e. The number of ether oxygens (including phenoxy) is 1. The summed E-state index contributed by atoms with van der Waals surface area (Å²) >= 11 is 0. The summed E-state index contributed by atoms with van der Waals surface area (Å²) in [6.45, 7) is 8.24. The van der Waals surface area contributed by atoms with Crippen LogP contribution >= 0.6 is 0 Å². The molecule has 2 aromatic rings. The van der Waals surface area contributed by atoms with Gasteiger partial charge in [0.2, 0.25) is 15.9 Å². The van der Waals surface area contributed by atoms with Crippen molar-refractivity contribution < 1.29 is 41.5 Å². The zero-order valence-corrected chi connectivity index (χ0v) is 28.7. The number of nitrogens with one attached hydrogen (secondary N) is 2. The second-order valence-corrected chi connectivity index (χ2v) is 16.7. The van der Waals surface area contributed by atoms with Gasteiger partial charge in [-0.2, -0.15) is 4.31 Å². The average Bonchev–Trinajstić information content (AvgIpc) is 2.93. The lowest BCUT2D eigenvalue weighted by atomic mass is 10.00. The SMILES string of the molecule is CC(C)CN(C[C@@H](O)[C@H](Cc1ccccc1)NC(=O)[C@H](CCS(C)(=O)=O)NC(=O)OC(C)(C)C)S(=O)(=O)c1ccc(/C=N/O)cc1. The summed E-state index contributed by atoms with van der Waals surface area (Å²) in [5.74, 6) is -1.30. The van der Waals surface area contributed by atoms with Gasteiger partial charge in [0.25, 0.3) is 0 Å². The number of alkyl carbamates (subject to hydrolysis) is 1. The molecule has 0 aliphatic heterocycles. The van der Waals surface area contributed by atoms with Crippen molar-refractivity contribution in [3.05, 3.63) is 65.7 Å². The molecule has 2 aromatic carbocycles. The van der Waals surface area contributed by atoms with E-state index in [-0.39, 0.29) is 36.7 Å². The maximum absolute atomic E-state index is 13.7. The van der Waals surface area contributed by atoms with Crippen molar-refractivity contribution in [2.24, 2.45) is 11.1 Å². The standard InChI is InChI=1S/C31H46N4O9S2/c1-22(2)20-35(46(42,43)25-14-12-24(13-15-25)19-32-39)21-28(36)27(18-23-10-8-7-9-11-23)33-29(37)26(16-17-45(6,40)41)34-30(38)44-31(3,4)5/h7-15,19,22,26-28,36,39H,16-18,20-21H2,1-6H3,(H,33,37)(H,34,38)/b32-19+/t26-,27-,28+/m0/s1. The predicted octanol–water partition coefficient (Wildman–Crippen LogP) is 2.56. The molecule has 0 radical (unpaired) electrons. The third kappa shape index (κ3) is 13.4. The molecule has 3 atom stereocenters.